The molecule has 0 saturated heterocycles. The van der Waals surface area contributed by atoms with E-state index < -0.39 is 16.7 Å². The molecular formula is H2O4W. The van der Waals surface area contributed by atoms with Crippen molar-refractivity contribution in [2.24, 2.45) is 0 Å². The van der Waals surface area contributed by atoms with E-state index in [-0.39, 0.29) is 0 Å². The fraction of sp³-hybridized carbons (Fsp3) is 0. The Morgan fingerprint density at radius 3 is 1.20 bits per heavy atom. The van der Waals surface area contributed by atoms with Crippen molar-refractivity contribution in [2.75, 3.05) is 0 Å². The van der Waals surface area contributed by atoms with Crippen LogP contribution in [0.25, 0.3) is 0 Å². The van der Waals surface area contributed by atoms with Gasteiger partial charge in [-0.2, -0.15) is 0 Å². The Hall–Kier alpha value is 0.208. The molecule has 0 aliphatic rings. The molecule has 0 heterocycles. The van der Waals surface area contributed by atoms with Crippen molar-refractivity contribution in [2.45, 2.75) is 0 Å². The summed E-state index contributed by atoms with van der Waals surface area (Å²) in [5.41, 5.74) is 0. The molecule has 0 atom stereocenters. The molecule has 0 radical (unpaired) electrons. The first-order valence-electron chi connectivity index (χ1n) is 0.698. The first-order valence-corrected chi connectivity index (χ1v) is 5.72. The van der Waals surface area contributed by atoms with E-state index in [0.29, 0.717) is 0 Å². The summed E-state index contributed by atoms with van der Waals surface area (Å²) in [5, 5.41) is 0. The maximum atomic E-state index is 8.87. The summed E-state index contributed by atoms with van der Waals surface area (Å²) in [6.45, 7) is 0. The van der Waals surface area contributed by atoms with E-state index >= 15 is 0 Å². The molecule has 0 aromatic heterocycles. The van der Waals surface area contributed by atoms with Crippen LogP contribution in [0.15, 0.2) is 0 Å². The molecule has 4 nitrogen and oxygen atoms in total. The van der Waals surface area contributed by atoms with Gasteiger partial charge in [0.15, 0.2) is 0 Å². The van der Waals surface area contributed by atoms with Crippen LogP contribution in [0.2, 0.25) is 0 Å². The number of hydrogen-bond donors (Lipinski definition) is 2. The van der Waals surface area contributed by atoms with Crippen LogP contribution in [0.4, 0.5) is 0 Å². The van der Waals surface area contributed by atoms with Crippen LogP contribution < -0.4 is 0 Å². The van der Waals surface area contributed by atoms with Crippen molar-refractivity contribution in [1.82, 2.24) is 0 Å². The molecule has 0 unspecified atom stereocenters. The van der Waals surface area contributed by atoms with Gasteiger partial charge in [0.05, 0.1) is 0 Å². The summed E-state index contributed by atoms with van der Waals surface area (Å²) in [6, 6.07) is 0. The topological polar surface area (TPSA) is 74.6 Å². The third kappa shape index (κ3) is 473. The van der Waals surface area contributed by atoms with Crippen molar-refractivity contribution in [1.29, 1.82) is 0 Å². The predicted octanol–water partition coefficient (Wildman–Crippen LogP) is -1.35. The van der Waals surface area contributed by atoms with Crippen LogP contribution >= 0.6 is 0 Å². The van der Waals surface area contributed by atoms with Crippen LogP contribution in [-0.2, 0) is 23.5 Å². The van der Waals surface area contributed by atoms with E-state index in [1.54, 1.807) is 0 Å². The molecule has 0 saturated carbocycles. The summed E-state index contributed by atoms with van der Waals surface area (Å²) in [4.78, 5) is 0. The Labute approximate surface area is 31.8 Å². The Kier molecular flexibility index (Phi) is 1.17. The monoisotopic (exact) mass is 250 g/mol. The molecule has 0 spiro atoms. The second kappa shape index (κ2) is 1.12. The zero-order valence-corrected chi connectivity index (χ0v) is 5.05. The van der Waals surface area contributed by atoms with Crippen molar-refractivity contribution >= 4 is 0 Å². The van der Waals surface area contributed by atoms with E-state index in [1.807, 2.05) is 0 Å². The molecule has 0 fully saturated rings. The van der Waals surface area contributed by atoms with Gasteiger partial charge in [0, 0.05) is 0 Å². The van der Waals surface area contributed by atoms with Crippen molar-refractivity contribution in [3.8, 4) is 0 Å². The standard InChI is InChI=1S/2H2O.2O.W/h2*1H2;;;/q;;;;+2/p-2. The second-order valence-electron chi connectivity index (χ2n) is 0.448. The molecule has 0 aliphatic carbocycles. The normalized spacial score (nSPS) is 11.6. The molecule has 5 heteroatoms. The van der Waals surface area contributed by atoms with Crippen LogP contribution in [0.5, 0.6) is 0 Å². The van der Waals surface area contributed by atoms with Gasteiger partial charge in [-0.1, -0.05) is 0 Å². The zero-order chi connectivity index (χ0) is 4.50. The van der Waals surface area contributed by atoms with Gasteiger partial charge in [0.1, 0.15) is 0 Å². The molecule has 0 amide bonds. The van der Waals surface area contributed by atoms with Gasteiger partial charge in [-0.3, -0.25) is 0 Å². The van der Waals surface area contributed by atoms with Crippen LogP contribution in [0.3, 0.4) is 0 Å². The van der Waals surface area contributed by atoms with Crippen LogP contribution in [-0.4, -0.2) is 7.52 Å². The average molecular weight is 250 g/mol. The average Bonchev–Trinajstić information content (AvgIpc) is 0.722. The summed E-state index contributed by atoms with van der Waals surface area (Å²) in [7, 11) is 0. The van der Waals surface area contributed by atoms with Gasteiger partial charge in [-0.15, -0.1) is 0 Å². The minimum atomic E-state index is -5.67. The van der Waals surface area contributed by atoms with Gasteiger partial charge >= 0.3 is 31.1 Å². The van der Waals surface area contributed by atoms with Gasteiger partial charge in [-0.25, -0.2) is 0 Å². The Bertz CT molecular complexity index is 86.8. The third-order valence-corrected chi connectivity index (χ3v) is 0. The van der Waals surface area contributed by atoms with E-state index in [0.717, 1.165) is 0 Å². The predicted molar refractivity (Wildman–Crippen MR) is 5.81 cm³/mol. The Balaban J connectivity index is 4.06. The summed E-state index contributed by atoms with van der Waals surface area (Å²) in [6.07, 6.45) is 0. The van der Waals surface area contributed by atoms with E-state index in [9.17, 15) is 0 Å². The second-order valence-corrected chi connectivity index (χ2v) is 3.67. The maximum absolute atomic E-state index is 8.87. The first-order chi connectivity index (χ1) is 2.00. The fourth-order valence-electron chi connectivity index (χ4n) is 0. The molecule has 0 aliphatic heterocycles. The molecular weight excluding hydrogens is 248 g/mol. The fourth-order valence-corrected chi connectivity index (χ4v) is 0. The SMILES string of the molecule is [O]=[W](=[O])([OH])[OH]. The van der Waals surface area contributed by atoms with Crippen molar-refractivity contribution < 1.29 is 31.1 Å². The molecule has 0 aromatic carbocycles. The van der Waals surface area contributed by atoms with Crippen molar-refractivity contribution in [3.05, 3.63) is 0 Å². The Morgan fingerprint density at radius 1 is 1.20 bits per heavy atom. The summed E-state index contributed by atoms with van der Waals surface area (Å²) in [5.74, 6) is 0. The number of rotatable bonds is 0. The quantitative estimate of drug-likeness (QED) is 0.557. The molecule has 0 aromatic rings. The molecule has 0 bridgehead atoms. The van der Waals surface area contributed by atoms with Gasteiger partial charge in [0.25, 0.3) is 0 Å². The molecule has 0 rings (SSSR count). The number of hydrogen-bond acceptors (Lipinski definition) is 2. The minimum absolute atomic E-state index is 5.67. The third-order valence-electron chi connectivity index (χ3n) is 0. The Morgan fingerprint density at radius 2 is 1.20 bits per heavy atom. The van der Waals surface area contributed by atoms with Gasteiger partial charge in [0.2, 0.25) is 0 Å². The first kappa shape index (κ1) is 5.21. The van der Waals surface area contributed by atoms with E-state index in [1.165, 1.54) is 0 Å². The molecule has 32 valence electrons. The molecule has 2 N–H and O–H groups in total. The summed E-state index contributed by atoms with van der Waals surface area (Å²) < 4.78 is 32.1. The van der Waals surface area contributed by atoms with Crippen molar-refractivity contribution in [3.63, 3.8) is 0 Å². The van der Waals surface area contributed by atoms with E-state index in [4.69, 9.17) is 14.3 Å². The van der Waals surface area contributed by atoms with E-state index in [2.05, 4.69) is 0 Å². The summed E-state index contributed by atoms with van der Waals surface area (Å²) >= 11 is -5.67. The van der Waals surface area contributed by atoms with Gasteiger partial charge in [-0.05, 0) is 0 Å². The van der Waals surface area contributed by atoms with Crippen LogP contribution in [0, 0.1) is 0 Å². The molecule has 5 heavy (non-hydrogen) atoms. The zero-order valence-electron chi connectivity index (χ0n) is 2.12. The van der Waals surface area contributed by atoms with Crippen LogP contribution in [0.1, 0.15) is 0 Å². The van der Waals surface area contributed by atoms with Gasteiger partial charge < -0.3 is 0 Å².